The molecule has 0 atom stereocenters. The van der Waals surface area contributed by atoms with E-state index in [2.05, 4.69) is 15.9 Å². The monoisotopic (exact) mass is 381 g/mol. The molecule has 3 nitrogen and oxygen atoms in total. The first-order chi connectivity index (χ1) is 10.5. The van der Waals surface area contributed by atoms with Gasteiger partial charge in [-0.05, 0) is 35.7 Å². The van der Waals surface area contributed by atoms with Crippen LogP contribution >= 0.6 is 27.5 Å². The third kappa shape index (κ3) is 2.74. The van der Waals surface area contributed by atoms with Crippen molar-refractivity contribution in [2.24, 2.45) is 0 Å². The minimum Gasteiger partial charge on any atom is -0.494 e. The molecule has 2 aromatic carbocycles. The predicted molar refractivity (Wildman–Crippen MR) is 88.1 cm³/mol. The van der Waals surface area contributed by atoms with Gasteiger partial charge in [-0.25, -0.2) is 4.39 Å². The van der Waals surface area contributed by atoms with Gasteiger partial charge in [-0.3, -0.25) is 9.36 Å². The molecule has 0 saturated heterocycles. The van der Waals surface area contributed by atoms with Crippen molar-refractivity contribution >= 4 is 38.3 Å². The van der Waals surface area contributed by atoms with Crippen LogP contribution in [0.2, 0.25) is 5.02 Å². The van der Waals surface area contributed by atoms with Gasteiger partial charge in [-0.15, -0.1) is 0 Å². The number of benzene rings is 2. The Labute approximate surface area is 138 Å². The number of hydrogen-bond acceptors (Lipinski definition) is 2. The first-order valence-electron chi connectivity index (χ1n) is 6.42. The van der Waals surface area contributed by atoms with E-state index in [-0.39, 0.29) is 12.4 Å². The lowest BCUT2D eigenvalue weighted by molar-refractivity contribution is 0.420. The predicted octanol–water partition coefficient (Wildman–Crippen LogP) is 4.31. The van der Waals surface area contributed by atoms with Gasteiger partial charge in [0.2, 0.25) is 5.88 Å². The molecular formula is C16H10BrClFNO2. The lowest BCUT2D eigenvalue weighted by Gasteiger charge is -2.12. The quantitative estimate of drug-likeness (QED) is 0.717. The minimum atomic E-state index is -0.447. The topological polar surface area (TPSA) is 42.2 Å². The largest absolute Gasteiger partial charge is 0.494 e. The molecule has 0 amide bonds. The minimum absolute atomic E-state index is 0.0532. The summed E-state index contributed by atoms with van der Waals surface area (Å²) in [5.41, 5.74) is -0.108. The van der Waals surface area contributed by atoms with Gasteiger partial charge in [-0.1, -0.05) is 33.6 Å². The van der Waals surface area contributed by atoms with Crippen molar-refractivity contribution in [2.75, 3.05) is 0 Å². The summed E-state index contributed by atoms with van der Waals surface area (Å²) in [6, 6.07) is 10.8. The number of hydrogen-bond donors (Lipinski definition) is 1. The lowest BCUT2D eigenvalue weighted by atomic mass is 10.1. The molecule has 1 heterocycles. The molecule has 1 N–H and O–H groups in total. The highest BCUT2D eigenvalue weighted by molar-refractivity contribution is 9.10. The summed E-state index contributed by atoms with van der Waals surface area (Å²) in [5, 5.41) is 11.8. The van der Waals surface area contributed by atoms with Crippen molar-refractivity contribution in [1.82, 2.24) is 4.57 Å². The summed E-state index contributed by atoms with van der Waals surface area (Å²) in [6.07, 6.45) is 0. The van der Waals surface area contributed by atoms with Crippen molar-refractivity contribution in [2.45, 2.75) is 6.54 Å². The number of rotatable bonds is 2. The van der Waals surface area contributed by atoms with Crippen LogP contribution in [0.3, 0.4) is 0 Å². The van der Waals surface area contributed by atoms with Crippen LogP contribution in [0.15, 0.2) is 51.7 Å². The van der Waals surface area contributed by atoms with Crippen LogP contribution in [-0.4, -0.2) is 9.67 Å². The molecule has 0 aliphatic heterocycles. The second kappa shape index (κ2) is 5.74. The van der Waals surface area contributed by atoms with Crippen LogP contribution in [0.1, 0.15) is 5.56 Å². The van der Waals surface area contributed by atoms with Gasteiger partial charge in [-0.2, -0.15) is 0 Å². The van der Waals surface area contributed by atoms with Crippen LogP contribution in [0.5, 0.6) is 5.88 Å². The fourth-order valence-electron chi connectivity index (χ4n) is 2.29. The molecule has 0 aliphatic carbocycles. The Morgan fingerprint density at radius 1 is 1.18 bits per heavy atom. The lowest BCUT2D eigenvalue weighted by Crippen LogP contribution is -2.20. The van der Waals surface area contributed by atoms with Gasteiger partial charge >= 0.3 is 0 Å². The third-order valence-electron chi connectivity index (χ3n) is 3.40. The van der Waals surface area contributed by atoms with Crippen LogP contribution < -0.4 is 5.56 Å². The van der Waals surface area contributed by atoms with E-state index < -0.39 is 11.4 Å². The van der Waals surface area contributed by atoms with Gasteiger partial charge in [0.05, 0.1) is 6.54 Å². The van der Waals surface area contributed by atoms with E-state index in [4.69, 9.17) is 11.6 Å². The fourth-order valence-corrected chi connectivity index (χ4v) is 2.80. The molecule has 0 saturated carbocycles. The Bertz CT molecular complexity index is 939. The van der Waals surface area contributed by atoms with Crippen LogP contribution in [0, 0.1) is 5.82 Å². The van der Waals surface area contributed by atoms with E-state index in [9.17, 15) is 14.3 Å². The van der Waals surface area contributed by atoms with Crippen LogP contribution in [0.25, 0.3) is 10.8 Å². The van der Waals surface area contributed by atoms with Crippen molar-refractivity contribution in [3.05, 3.63) is 73.7 Å². The summed E-state index contributed by atoms with van der Waals surface area (Å²) in [5.74, 6) is -0.654. The average Bonchev–Trinajstić information content (AvgIpc) is 2.45. The van der Waals surface area contributed by atoms with Crippen molar-refractivity contribution < 1.29 is 9.50 Å². The number of nitrogens with zero attached hydrogens (tertiary/aromatic N) is 1. The Morgan fingerprint density at radius 2 is 1.95 bits per heavy atom. The molecular weight excluding hydrogens is 373 g/mol. The SMILES string of the molecule is O=c1cc2cc(Cl)ccc2c(O)n1Cc1ccc(Br)cc1F. The van der Waals surface area contributed by atoms with Gasteiger partial charge in [0.15, 0.2) is 0 Å². The average molecular weight is 383 g/mol. The molecule has 3 aromatic rings. The van der Waals surface area contributed by atoms with E-state index >= 15 is 0 Å². The van der Waals surface area contributed by atoms with Gasteiger partial charge < -0.3 is 5.11 Å². The van der Waals surface area contributed by atoms with Crippen LogP contribution in [-0.2, 0) is 6.54 Å². The number of aromatic hydroxyl groups is 1. The molecule has 0 aliphatic rings. The van der Waals surface area contributed by atoms with Gasteiger partial charge in [0, 0.05) is 26.5 Å². The number of pyridine rings is 1. The summed E-state index contributed by atoms with van der Waals surface area (Å²) < 4.78 is 15.7. The summed E-state index contributed by atoms with van der Waals surface area (Å²) in [6.45, 7) is -0.0532. The van der Waals surface area contributed by atoms with Gasteiger partial charge in [0.1, 0.15) is 5.82 Å². The summed E-state index contributed by atoms with van der Waals surface area (Å²) in [7, 11) is 0. The molecule has 112 valence electrons. The highest BCUT2D eigenvalue weighted by atomic mass is 79.9. The number of aromatic nitrogens is 1. The van der Waals surface area contributed by atoms with Crippen molar-refractivity contribution in [3.63, 3.8) is 0 Å². The van der Waals surface area contributed by atoms with E-state index in [0.29, 0.717) is 25.8 Å². The fraction of sp³-hybridized carbons (Fsp3) is 0.0625. The molecule has 0 fully saturated rings. The second-order valence-corrected chi connectivity index (χ2v) is 6.21. The molecule has 0 unspecified atom stereocenters. The molecule has 3 rings (SSSR count). The van der Waals surface area contributed by atoms with E-state index in [1.165, 1.54) is 12.1 Å². The molecule has 0 spiro atoms. The smallest absolute Gasteiger partial charge is 0.254 e. The molecule has 22 heavy (non-hydrogen) atoms. The highest BCUT2D eigenvalue weighted by Gasteiger charge is 2.12. The van der Waals surface area contributed by atoms with Crippen molar-refractivity contribution in [1.29, 1.82) is 0 Å². The van der Waals surface area contributed by atoms with E-state index in [1.54, 1.807) is 30.3 Å². The van der Waals surface area contributed by atoms with E-state index in [0.717, 1.165) is 4.57 Å². The van der Waals surface area contributed by atoms with E-state index in [1.807, 2.05) is 0 Å². The van der Waals surface area contributed by atoms with Gasteiger partial charge in [0.25, 0.3) is 5.56 Å². The first kappa shape index (κ1) is 15.1. The van der Waals surface area contributed by atoms with Crippen molar-refractivity contribution in [3.8, 4) is 5.88 Å². The second-order valence-electron chi connectivity index (χ2n) is 4.86. The maximum absolute atomic E-state index is 13.9. The van der Waals surface area contributed by atoms with Crippen LogP contribution in [0.4, 0.5) is 4.39 Å². The summed E-state index contributed by atoms with van der Waals surface area (Å²) in [4.78, 5) is 12.2. The molecule has 1 aromatic heterocycles. The molecule has 0 radical (unpaired) electrons. The first-order valence-corrected chi connectivity index (χ1v) is 7.59. The maximum atomic E-state index is 13.9. The third-order valence-corrected chi connectivity index (χ3v) is 4.13. The standard InChI is InChI=1S/C16H10BrClFNO2/c17-11-2-1-9(14(19)7-11)8-20-15(21)6-10-5-12(18)3-4-13(10)16(20)22/h1-7,22H,8H2. The Kier molecular flexibility index (Phi) is 3.93. The molecule has 6 heteroatoms. The zero-order chi connectivity index (χ0) is 15.9. The Balaban J connectivity index is 2.15. The summed E-state index contributed by atoms with van der Waals surface area (Å²) >= 11 is 9.06. The number of halogens is 3. The molecule has 0 bridgehead atoms. The Hall–Kier alpha value is -1.85. The Morgan fingerprint density at radius 3 is 2.68 bits per heavy atom. The zero-order valence-electron chi connectivity index (χ0n) is 11.2. The number of fused-ring (bicyclic) bond motifs is 1. The maximum Gasteiger partial charge on any atom is 0.254 e. The normalized spacial score (nSPS) is 11.0. The zero-order valence-corrected chi connectivity index (χ0v) is 13.5. The highest BCUT2D eigenvalue weighted by Crippen LogP contribution is 2.26.